The summed E-state index contributed by atoms with van der Waals surface area (Å²) < 4.78 is 0. The molecule has 3 atom stereocenters. The lowest BCUT2D eigenvalue weighted by atomic mass is 9.94. The second kappa shape index (κ2) is 7.48. The standard InChI is InChI=1S/C19H25N3O2/c1-5-16(15-10-8-13(2)9-11-15)22-17(7-6-12-20)19(24)21(4)14(3)18(22)23/h8-11,14,16-17H,5-7H2,1-4H3/t14-,16?,17+/m1/s1. The van der Waals surface area contributed by atoms with Crippen LogP contribution < -0.4 is 0 Å². The van der Waals surface area contributed by atoms with E-state index in [9.17, 15) is 9.59 Å². The zero-order chi connectivity index (χ0) is 17.9. The summed E-state index contributed by atoms with van der Waals surface area (Å²) in [5, 5.41) is 8.92. The van der Waals surface area contributed by atoms with Gasteiger partial charge < -0.3 is 9.80 Å². The van der Waals surface area contributed by atoms with Crippen LogP contribution in [0.3, 0.4) is 0 Å². The number of hydrogen-bond acceptors (Lipinski definition) is 3. The lowest BCUT2D eigenvalue weighted by molar-refractivity contribution is -0.162. The van der Waals surface area contributed by atoms with Crippen molar-refractivity contribution in [3.8, 4) is 6.07 Å². The van der Waals surface area contributed by atoms with Gasteiger partial charge in [-0.05, 0) is 32.3 Å². The van der Waals surface area contributed by atoms with Crippen molar-refractivity contribution < 1.29 is 9.59 Å². The number of carbonyl (C=O) groups excluding carboxylic acids is 2. The Morgan fingerprint density at radius 2 is 1.83 bits per heavy atom. The van der Waals surface area contributed by atoms with Crippen LogP contribution in [0.25, 0.3) is 0 Å². The predicted octanol–water partition coefficient (Wildman–Crippen LogP) is 2.81. The molecule has 1 aromatic rings. The van der Waals surface area contributed by atoms with E-state index in [1.165, 1.54) is 4.90 Å². The van der Waals surface area contributed by atoms with Gasteiger partial charge in [-0.15, -0.1) is 0 Å². The van der Waals surface area contributed by atoms with E-state index >= 15 is 0 Å². The van der Waals surface area contributed by atoms with Gasteiger partial charge in [0, 0.05) is 13.5 Å². The Balaban J connectivity index is 2.43. The molecule has 2 amide bonds. The van der Waals surface area contributed by atoms with Crippen molar-refractivity contribution in [1.82, 2.24) is 9.80 Å². The summed E-state index contributed by atoms with van der Waals surface area (Å²) in [7, 11) is 1.66. The maximum Gasteiger partial charge on any atom is 0.246 e. The number of likely N-dealkylation sites (N-methyl/N-ethyl adjacent to an activating group) is 1. The van der Waals surface area contributed by atoms with Gasteiger partial charge >= 0.3 is 0 Å². The van der Waals surface area contributed by atoms with Gasteiger partial charge in [0.15, 0.2) is 0 Å². The molecule has 0 radical (unpaired) electrons. The van der Waals surface area contributed by atoms with Crippen molar-refractivity contribution in [1.29, 1.82) is 5.26 Å². The van der Waals surface area contributed by atoms with E-state index in [4.69, 9.17) is 5.26 Å². The lowest BCUT2D eigenvalue weighted by Gasteiger charge is -2.46. The molecule has 2 rings (SSSR count). The highest BCUT2D eigenvalue weighted by Gasteiger charge is 2.44. The molecule has 0 saturated carbocycles. The number of nitrogens with zero attached hydrogens (tertiary/aromatic N) is 3. The van der Waals surface area contributed by atoms with Crippen LogP contribution in [0.4, 0.5) is 0 Å². The smallest absolute Gasteiger partial charge is 0.246 e. The molecule has 1 fully saturated rings. The first-order valence-electron chi connectivity index (χ1n) is 8.44. The molecule has 1 aliphatic heterocycles. The van der Waals surface area contributed by atoms with Crippen molar-refractivity contribution in [2.45, 2.75) is 58.2 Å². The minimum absolute atomic E-state index is 0.0486. The highest BCUT2D eigenvalue weighted by molar-refractivity contribution is 5.96. The fourth-order valence-electron chi connectivity index (χ4n) is 3.30. The predicted molar refractivity (Wildman–Crippen MR) is 91.9 cm³/mol. The van der Waals surface area contributed by atoms with E-state index in [-0.39, 0.29) is 24.3 Å². The summed E-state index contributed by atoms with van der Waals surface area (Å²) in [6, 6.07) is 8.98. The summed E-state index contributed by atoms with van der Waals surface area (Å²) in [4.78, 5) is 28.9. The Labute approximate surface area is 143 Å². The Hall–Kier alpha value is -2.35. The van der Waals surface area contributed by atoms with Crippen molar-refractivity contribution in [3.05, 3.63) is 35.4 Å². The minimum Gasteiger partial charge on any atom is -0.332 e. The van der Waals surface area contributed by atoms with Gasteiger partial charge in [0.25, 0.3) is 0 Å². The number of aryl methyl sites for hydroxylation is 1. The minimum atomic E-state index is -0.565. The van der Waals surface area contributed by atoms with Gasteiger partial charge in [0.2, 0.25) is 11.8 Å². The molecule has 1 saturated heterocycles. The van der Waals surface area contributed by atoms with Crippen LogP contribution in [-0.2, 0) is 9.59 Å². The van der Waals surface area contributed by atoms with Gasteiger partial charge in [0.05, 0.1) is 12.1 Å². The first-order valence-corrected chi connectivity index (χ1v) is 8.44. The Bertz CT molecular complexity index is 648. The van der Waals surface area contributed by atoms with E-state index in [2.05, 4.69) is 6.07 Å². The van der Waals surface area contributed by atoms with Crippen molar-refractivity contribution in [2.24, 2.45) is 0 Å². The Kier molecular flexibility index (Phi) is 5.61. The average Bonchev–Trinajstić information content (AvgIpc) is 2.59. The quantitative estimate of drug-likeness (QED) is 0.835. The highest BCUT2D eigenvalue weighted by Crippen LogP contribution is 2.32. The Morgan fingerprint density at radius 3 is 2.38 bits per heavy atom. The number of nitriles is 1. The van der Waals surface area contributed by atoms with Gasteiger partial charge in [-0.1, -0.05) is 36.8 Å². The molecule has 1 aliphatic rings. The third-order valence-electron chi connectivity index (χ3n) is 4.88. The molecule has 0 aromatic heterocycles. The van der Waals surface area contributed by atoms with Gasteiger partial charge in [-0.25, -0.2) is 0 Å². The monoisotopic (exact) mass is 327 g/mol. The van der Waals surface area contributed by atoms with Crippen LogP contribution in [0, 0.1) is 18.3 Å². The summed E-state index contributed by atoms with van der Waals surface area (Å²) in [6.45, 7) is 5.80. The molecular weight excluding hydrogens is 302 g/mol. The maximum absolute atomic E-state index is 12.9. The maximum atomic E-state index is 12.9. The fourth-order valence-corrected chi connectivity index (χ4v) is 3.30. The normalized spacial score (nSPS) is 22.5. The summed E-state index contributed by atoms with van der Waals surface area (Å²) in [5.74, 6) is -0.129. The van der Waals surface area contributed by atoms with E-state index in [0.717, 1.165) is 17.5 Å². The topological polar surface area (TPSA) is 64.4 Å². The first-order chi connectivity index (χ1) is 11.4. The van der Waals surface area contributed by atoms with Crippen LogP contribution in [0.5, 0.6) is 0 Å². The Morgan fingerprint density at radius 1 is 1.21 bits per heavy atom. The van der Waals surface area contributed by atoms with Crippen LogP contribution in [0.2, 0.25) is 0 Å². The van der Waals surface area contributed by atoms with Gasteiger partial charge in [-0.2, -0.15) is 5.26 Å². The van der Waals surface area contributed by atoms with Crippen molar-refractivity contribution >= 4 is 11.8 Å². The fraction of sp³-hybridized carbons (Fsp3) is 0.526. The number of benzene rings is 1. The molecule has 128 valence electrons. The van der Waals surface area contributed by atoms with E-state index < -0.39 is 12.1 Å². The van der Waals surface area contributed by atoms with Gasteiger partial charge in [0.1, 0.15) is 12.1 Å². The number of amides is 2. The molecule has 0 aliphatic carbocycles. The first kappa shape index (κ1) is 18.0. The molecular formula is C19H25N3O2. The molecule has 1 unspecified atom stereocenters. The molecule has 0 bridgehead atoms. The van der Waals surface area contributed by atoms with Crippen LogP contribution >= 0.6 is 0 Å². The van der Waals surface area contributed by atoms with E-state index in [1.54, 1.807) is 18.9 Å². The second-order valence-electron chi connectivity index (χ2n) is 6.42. The number of hydrogen-bond donors (Lipinski definition) is 0. The van der Waals surface area contributed by atoms with E-state index in [0.29, 0.717) is 6.42 Å². The molecule has 24 heavy (non-hydrogen) atoms. The molecule has 1 heterocycles. The molecule has 1 aromatic carbocycles. The molecule has 5 nitrogen and oxygen atoms in total. The third-order valence-corrected chi connectivity index (χ3v) is 4.88. The number of rotatable bonds is 5. The van der Waals surface area contributed by atoms with Crippen LogP contribution in [0.1, 0.15) is 50.3 Å². The number of piperazine rings is 1. The highest BCUT2D eigenvalue weighted by atomic mass is 16.2. The van der Waals surface area contributed by atoms with Crippen molar-refractivity contribution in [3.63, 3.8) is 0 Å². The largest absolute Gasteiger partial charge is 0.332 e. The zero-order valence-electron chi connectivity index (χ0n) is 14.8. The van der Waals surface area contributed by atoms with Gasteiger partial charge in [-0.3, -0.25) is 9.59 Å². The lowest BCUT2D eigenvalue weighted by Crippen LogP contribution is -2.63. The second-order valence-corrected chi connectivity index (χ2v) is 6.42. The molecule has 0 spiro atoms. The molecule has 5 heteroatoms. The third kappa shape index (κ3) is 3.28. The van der Waals surface area contributed by atoms with Crippen LogP contribution in [-0.4, -0.2) is 40.7 Å². The zero-order valence-corrected chi connectivity index (χ0v) is 14.8. The SMILES string of the molecule is CCC(c1ccc(C)cc1)N1C(=O)[C@@H](C)N(C)C(=O)[C@@H]1CCC#N. The average molecular weight is 327 g/mol. The summed E-state index contributed by atoms with van der Waals surface area (Å²) in [6.07, 6.45) is 1.36. The van der Waals surface area contributed by atoms with Crippen molar-refractivity contribution in [2.75, 3.05) is 7.05 Å². The summed E-state index contributed by atoms with van der Waals surface area (Å²) in [5.41, 5.74) is 2.19. The van der Waals surface area contributed by atoms with Crippen LogP contribution in [0.15, 0.2) is 24.3 Å². The molecule has 0 N–H and O–H groups in total. The van der Waals surface area contributed by atoms with E-state index in [1.807, 2.05) is 38.1 Å². The summed E-state index contributed by atoms with van der Waals surface area (Å²) >= 11 is 0. The number of carbonyl (C=O) groups is 2.